The molecule has 0 aliphatic carbocycles. The van der Waals surface area contributed by atoms with Crippen LogP contribution in [0.15, 0.2) is 17.0 Å². The van der Waals surface area contributed by atoms with Crippen molar-refractivity contribution in [3.8, 4) is 5.75 Å². The molecule has 13 heavy (non-hydrogen) atoms. The number of halogens is 1. The fraction of sp³-hybridized carbons (Fsp3) is 0.143. The van der Waals surface area contributed by atoms with E-state index in [1.807, 2.05) is 0 Å². The van der Waals surface area contributed by atoms with Crippen LogP contribution in [0.4, 0.5) is 0 Å². The van der Waals surface area contributed by atoms with Crippen molar-refractivity contribution in [1.82, 2.24) is 0 Å². The first-order valence-electron chi connectivity index (χ1n) is 3.29. The Morgan fingerprint density at radius 1 is 1.38 bits per heavy atom. The van der Waals surface area contributed by atoms with Crippen LogP contribution in [0.3, 0.4) is 0 Å². The standard InChI is InChI=1S/C7H7ClO4S/c1-4-2-5(13(10,11)12)3-6(8)7(4)9/h2-3,9H,1H3,(H,10,11,12). The van der Waals surface area contributed by atoms with Gasteiger partial charge in [0.15, 0.2) is 0 Å². The average molecular weight is 223 g/mol. The molecular formula is C7H7ClO4S. The zero-order valence-corrected chi connectivity index (χ0v) is 8.22. The second kappa shape index (κ2) is 3.17. The largest absolute Gasteiger partial charge is 0.506 e. The lowest BCUT2D eigenvalue weighted by Crippen LogP contribution is -1.98. The Balaban J connectivity index is 3.47. The summed E-state index contributed by atoms with van der Waals surface area (Å²) in [4.78, 5) is -0.326. The van der Waals surface area contributed by atoms with E-state index in [9.17, 15) is 13.5 Å². The minimum absolute atomic E-state index is 0.104. The van der Waals surface area contributed by atoms with Gasteiger partial charge in [0, 0.05) is 0 Å². The monoisotopic (exact) mass is 222 g/mol. The van der Waals surface area contributed by atoms with E-state index in [0.717, 1.165) is 12.1 Å². The van der Waals surface area contributed by atoms with Crippen LogP contribution in [0.5, 0.6) is 5.75 Å². The summed E-state index contributed by atoms with van der Waals surface area (Å²) in [6, 6.07) is 2.12. The van der Waals surface area contributed by atoms with E-state index < -0.39 is 10.1 Å². The molecule has 0 aromatic heterocycles. The van der Waals surface area contributed by atoms with Gasteiger partial charge in [0.2, 0.25) is 0 Å². The van der Waals surface area contributed by atoms with Gasteiger partial charge in [-0.05, 0) is 24.6 Å². The fourth-order valence-corrected chi connectivity index (χ4v) is 1.78. The molecule has 0 unspecified atom stereocenters. The molecule has 0 aliphatic heterocycles. The Kier molecular flexibility index (Phi) is 2.51. The maximum atomic E-state index is 10.7. The van der Waals surface area contributed by atoms with Crippen molar-refractivity contribution in [3.05, 3.63) is 22.7 Å². The lowest BCUT2D eigenvalue weighted by atomic mass is 10.2. The van der Waals surface area contributed by atoms with E-state index in [2.05, 4.69) is 0 Å². The van der Waals surface area contributed by atoms with Crippen molar-refractivity contribution >= 4 is 21.7 Å². The maximum absolute atomic E-state index is 10.7. The lowest BCUT2D eigenvalue weighted by molar-refractivity contribution is 0.469. The Morgan fingerprint density at radius 2 is 1.92 bits per heavy atom. The summed E-state index contributed by atoms with van der Waals surface area (Å²) in [5.74, 6) is -0.186. The minimum atomic E-state index is -4.26. The number of phenols is 1. The van der Waals surface area contributed by atoms with Crippen LogP contribution >= 0.6 is 11.6 Å². The summed E-state index contributed by atoms with van der Waals surface area (Å²) >= 11 is 5.50. The first-order valence-corrected chi connectivity index (χ1v) is 5.11. The van der Waals surface area contributed by atoms with Crippen LogP contribution in [-0.2, 0) is 10.1 Å². The molecule has 0 fully saturated rings. The molecule has 0 bridgehead atoms. The molecule has 0 saturated heterocycles. The quantitative estimate of drug-likeness (QED) is 0.708. The molecule has 0 atom stereocenters. The molecule has 1 aromatic carbocycles. The first kappa shape index (κ1) is 10.3. The van der Waals surface area contributed by atoms with Gasteiger partial charge >= 0.3 is 0 Å². The molecule has 72 valence electrons. The molecule has 0 saturated carbocycles. The van der Waals surface area contributed by atoms with Crippen molar-refractivity contribution in [3.63, 3.8) is 0 Å². The molecule has 4 nitrogen and oxygen atoms in total. The summed E-state index contributed by atoms with van der Waals surface area (Å²) in [5, 5.41) is 9.08. The third-order valence-electron chi connectivity index (χ3n) is 1.53. The summed E-state index contributed by atoms with van der Waals surface area (Å²) < 4.78 is 30.0. The van der Waals surface area contributed by atoms with Crippen LogP contribution in [-0.4, -0.2) is 18.1 Å². The van der Waals surface area contributed by atoms with Gasteiger partial charge in [-0.15, -0.1) is 0 Å². The van der Waals surface area contributed by atoms with Gasteiger partial charge in [-0.2, -0.15) is 8.42 Å². The van der Waals surface area contributed by atoms with E-state index in [1.54, 1.807) is 0 Å². The molecule has 1 rings (SSSR count). The number of benzene rings is 1. The van der Waals surface area contributed by atoms with E-state index in [0.29, 0.717) is 5.56 Å². The predicted molar refractivity (Wildman–Crippen MR) is 47.7 cm³/mol. The second-order valence-corrected chi connectivity index (χ2v) is 4.37. The molecule has 0 spiro atoms. The van der Waals surface area contributed by atoms with Gasteiger partial charge in [0.25, 0.3) is 10.1 Å². The van der Waals surface area contributed by atoms with Gasteiger partial charge in [0.1, 0.15) is 5.75 Å². The highest BCUT2D eigenvalue weighted by Gasteiger charge is 2.13. The molecule has 0 aliphatic rings. The zero-order chi connectivity index (χ0) is 10.2. The Bertz CT molecular complexity index is 415. The maximum Gasteiger partial charge on any atom is 0.294 e. The van der Waals surface area contributed by atoms with Crippen molar-refractivity contribution in [2.45, 2.75) is 11.8 Å². The zero-order valence-electron chi connectivity index (χ0n) is 6.65. The Hall–Kier alpha value is -0.780. The Labute approximate surface area is 80.5 Å². The highest BCUT2D eigenvalue weighted by molar-refractivity contribution is 7.85. The fourth-order valence-electron chi connectivity index (χ4n) is 0.854. The third-order valence-corrected chi connectivity index (χ3v) is 2.64. The smallest absolute Gasteiger partial charge is 0.294 e. The molecule has 2 N–H and O–H groups in total. The van der Waals surface area contributed by atoms with Crippen molar-refractivity contribution < 1.29 is 18.1 Å². The summed E-state index contributed by atoms with van der Waals surface area (Å²) in [7, 11) is -4.26. The van der Waals surface area contributed by atoms with Gasteiger partial charge in [0.05, 0.1) is 9.92 Å². The van der Waals surface area contributed by atoms with Crippen molar-refractivity contribution in [1.29, 1.82) is 0 Å². The van der Waals surface area contributed by atoms with Gasteiger partial charge in [-0.1, -0.05) is 11.6 Å². The van der Waals surface area contributed by atoms with Crippen molar-refractivity contribution in [2.24, 2.45) is 0 Å². The molecule has 0 amide bonds. The van der Waals surface area contributed by atoms with Crippen LogP contribution in [0.2, 0.25) is 5.02 Å². The van der Waals surface area contributed by atoms with E-state index in [4.69, 9.17) is 16.2 Å². The average Bonchev–Trinajstić information content (AvgIpc) is 1.97. The summed E-state index contributed by atoms with van der Waals surface area (Å²) in [6.07, 6.45) is 0. The predicted octanol–water partition coefficient (Wildman–Crippen LogP) is 1.60. The highest BCUT2D eigenvalue weighted by Crippen LogP contribution is 2.29. The number of hydrogen-bond acceptors (Lipinski definition) is 3. The van der Waals surface area contributed by atoms with Gasteiger partial charge < -0.3 is 5.11 Å². The van der Waals surface area contributed by atoms with Crippen LogP contribution in [0, 0.1) is 6.92 Å². The van der Waals surface area contributed by atoms with Gasteiger partial charge in [-0.25, -0.2) is 0 Å². The highest BCUT2D eigenvalue weighted by atomic mass is 35.5. The SMILES string of the molecule is Cc1cc(S(=O)(=O)O)cc(Cl)c1O. The second-order valence-electron chi connectivity index (χ2n) is 2.55. The van der Waals surface area contributed by atoms with E-state index in [-0.39, 0.29) is 15.7 Å². The van der Waals surface area contributed by atoms with E-state index >= 15 is 0 Å². The van der Waals surface area contributed by atoms with Crippen LogP contribution in [0.25, 0.3) is 0 Å². The molecular weight excluding hydrogens is 216 g/mol. The summed E-state index contributed by atoms with van der Waals surface area (Å²) in [6.45, 7) is 1.48. The number of phenolic OH excluding ortho intramolecular Hbond substituents is 1. The normalized spacial score (nSPS) is 11.6. The van der Waals surface area contributed by atoms with Crippen LogP contribution in [0.1, 0.15) is 5.56 Å². The number of rotatable bonds is 1. The van der Waals surface area contributed by atoms with Gasteiger partial charge in [-0.3, -0.25) is 4.55 Å². The first-order chi connectivity index (χ1) is 5.82. The number of hydrogen-bond donors (Lipinski definition) is 2. The number of aryl methyl sites for hydroxylation is 1. The van der Waals surface area contributed by atoms with Crippen LogP contribution < -0.4 is 0 Å². The van der Waals surface area contributed by atoms with Crippen molar-refractivity contribution in [2.75, 3.05) is 0 Å². The summed E-state index contributed by atoms with van der Waals surface area (Å²) in [5.41, 5.74) is 0.292. The molecule has 0 heterocycles. The topological polar surface area (TPSA) is 74.6 Å². The molecule has 6 heteroatoms. The number of aromatic hydroxyl groups is 1. The lowest BCUT2D eigenvalue weighted by Gasteiger charge is -2.03. The minimum Gasteiger partial charge on any atom is -0.506 e. The Morgan fingerprint density at radius 3 is 2.31 bits per heavy atom. The molecule has 1 aromatic rings. The van der Waals surface area contributed by atoms with E-state index in [1.165, 1.54) is 6.92 Å². The molecule has 0 radical (unpaired) electrons. The third kappa shape index (κ3) is 2.12.